The summed E-state index contributed by atoms with van der Waals surface area (Å²) in [6.45, 7) is 3.51. The van der Waals surface area contributed by atoms with Gasteiger partial charge in [0.1, 0.15) is 17.7 Å². The molecule has 10 heteroatoms. The van der Waals surface area contributed by atoms with Gasteiger partial charge in [-0.15, -0.1) is 0 Å². The second kappa shape index (κ2) is 11.3. The summed E-state index contributed by atoms with van der Waals surface area (Å²) < 4.78 is 22.7. The predicted octanol–water partition coefficient (Wildman–Crippen LogP) is 5.27. The quantitative estimate of drug-likeness (QED) is 0.279. The fourth-order valence-electron chi connectivity index (χ4n) is 7.33. The first-order valence-electron chi connectivity index (χ1n) is 16.2. The lowest BCUT2D eigenvalue weighted by Gasteiger charge is -2.33. The highest BCUT2D eigenvalue weighted by atomic mass is 19.1. The van der Waals surface area contributed by atoms with Crippen molar-refractivity contribution in [3.8, 4) is 16.8 Å². The van der Waals surface area contributed by atoms with Gasteiger partial charge in [0.05, 0.1) is 18.8 Å². The van der Waals surface area contributed by atoms with Crippen LogP contribution in [0.4, 0.5) is 15.9 Å². The van der Waals surface area contributed by atoms with Gasteiger partial charge < -0.3 is 24.8 Å². The van der Waals surface area contributed by atoms with Gasteiger partial charge in [-0.2, -0.15) is 0 Å². The Morgan fingerprint density at radius 3 is 2.59 bits per heavy atom. The van der Waals surface area contributed by atoms with E-state index in [0.29, 0.717) is 18.2 Å². The van der Waals surface area contributed by atoms with E-state index >= 15 is 0 Å². The minimum absolute atomic E-state index is 0.183. The number of halogens is 1. The summed E-state index contributed by atoms with van der Waals surface area (Å²) in [5, 5.41) is 5.85. The van der Waals surface area contributed by atoms with Crippen LogP contribution in [-0.2, 0) is 20.7 Å². The highest BCUT2D eigenvalue weighted by Gasteiger charge is 2.52. The third-order valence-electron chi connectivity index (χ3n) is 10.1. The summed E-state index contributed by atoms with van der Waals surface area (Å²) in [4.78, 5) is 38.4. The summed E-state index contributed by atoms with van der Waals surface area (Å²) in [6, 6.07) is 17.4. The zero-order valence-electron chi connectivity index (χ0n) is 25.8. The van der Waals surface area contributed by atoms with Gasteiger partial charge in [0, 0.05) is 42.4 Å². The number of pyridine rings is 1. The van der Waals surface area contributed by atoms with E-state index in [4.69, 9.17) is 4.74 Å². The zero-order valence-corrected chi connectivity index (χ0v) is 25.8. The molecule has 46 heavy (non-hydrogen) atoms. The minimum atomic E-state index is -1.89. The number of carbonyl (C=O) groups is 2. The Balaban J connectivity index is 1.08. The standard InChI is InChI=1S/C36H37FN6O3/c1-22-38-15-16-42(22)27-9-7-26(8-10-27)40-34(44)33(41-35(45)36(37)12-13-36)30-4-2-3-23-5-6-24(17-31(23)30)25-11-14-39-32(18-25)43-20-29-19-28(43)21-46-29/h5-11,14-18,28-30,33H,2-4,12-13,19-21H2,1H3,(H,40,44)(H,41,45)/t28-,29?,30-,33+/m1/s1. The molecule has 1 unspecified atom stereocenters. The molecule has 9 nitrogen and oxygen atoms in total. The molecule has 4 atom stereocenters. The molecule has 8 rings (SSSR count). The highest BCUT2D eigenvalue weighted by Crippen LogP contribution is 2.42. The molecule has 4 aliphatic rings. The van der Waals surface area contributed by atoms with Crippen LogP contribution in [0.1, 0.15) is 55.0 Å². The maximum absolute atomic E-state index is 15.0. The van der Waals surface area contributed by atoms with E-state index in [1.54, 1.807) is 6.20 Å². The Morgan fingerprint density at radius 2 is 1.87 bits per heavy atom. The van der Waals surface area contributed by atoms with Gasteiger partial charge in [-0.05, 0) is 104 Å². The van der Waals surface area contributed by atoms with Crippen molar-refractivity contribution in [3.63, 3.8) is 0 Å². The smallest absolute Gasteiger partial charge is 0.258 e. The Kier molecular flexibility index (Phi) is 7.12. The molecule has 0 radical (unpaired) electrons. The Bertz CT molecular complexity index is 1800. The van der Waals surface area contributed by atoms with Gasteiger partial charge in [-0.3, -0.25) is 9.59 Å². The molecule has 4 aromatic rings. The van der Waals surface area contributed by atoms with Crippen LogP contribution in [0.25, 0.3) is 16.8 Å². The number of morpholine rings is 1. The predicted molar refractivity (Wildman–Crippen MR) is 173 cm³/mol. The Labute approximate surface area is 267 Å². The molecular weight excluding hydrogens is 583 g/mol. The second-order valence-electron chi connectivity index (χ2n) is 13.1. The number of benzene rings is 2. The van der Waals surface area contributed by atoms with Gasteiger partial charge in [0.25, 0.3) is 5.91 Å². The van der Waals surface area contributed by atoms with Crippen molar-refractivity contribution < 1.29 is 18.7 Å². The van der Waals surface area contributed by atoms with Crippen LogP contribution in [-0.4, -0.2) is 63.4 Å². The number of aromatic nitrogens is 3. The first-order valence-corrected chi connectivity index (χ1v) is 16.2. The number of nitrogens with zero attached hydrogens (tertiary/aromatic N) is 4. The third kappa shape index (κ3) is 5.34. The van der Waals surface area contributed by atoms with Crippen LogP contribution in [0, 0.1) is 6.92 Å². The number of fused-ring (bicyclic) bond motifs is 3. The Hall–Kier alpha value is -4.57. The normalized spacial score (nSPS) is 23.1. The maximum atomic E-state index is 15.0. The number of amides is 2. The number of hydrogen-bond donors (Lipinski definition) is 2. The van der Waals surface area contributed by atoms with Crippen LogP contribution in [0.2, 0.25) is 0 Å². The molecule has 2 N–H and O–H groups in total. The lowest BCUT2D eigenvalue weighted by molar-refractivity contribution is -0.131. The Morgan fingerprint density at radius 1 is 1.04 bits per heavy atom. The minimum Gasteiger partial charge on any atom is -0.374 e. The number of ether oxygens (including phenoxy) is 1. The molecule has 2 amide bonds. The number of nitrogens with one attached hydrogen (secondary N) is 2. The van der Waals surface area contributed by atoms with Crippen LogP contribution in [0.3, 0.4) is 0 Å². The molecule has 1 saturated carbocycles. The molecule has 2 saturated heterocycles. The summed E-state index contributed by atoms with van der Waals surface area (Å²) in [7, 11) is 0. The lowest BCUT2D eigenvalue weighted by atomic mass is 9.77. The van der Waals surface area contributed by atoms with Crippen molar-refractivity contribution >= 4 is 23.3 Å². The average molecular weight is 621 g/mol. The molecule has 2 aliphatic heterocycles. The average Bonchev–Trinajstić information content (AvgIpc) is 3.40. The van der Waals surface area contributed by atoms with Crippen LogP contribution in [0.5, 0.6) is 0 Å². The number of rotatable bonds is 8. The van der Waals surface area contributed by atoms with Crippen LogP contribution < -0.4 is 15.5 Å². The first kappa shape index (κ1) is 28.9. The summed E-state index contributed by atoms with van der Waals surface area (Å²) in [5.41, 5.74) is 3.86. The summed E-state index contributed by atoms with van der Waals surface area (Å²) in [5.74, 6) is 0.430. The van der Waals surface area contributed by atoms with Crippen molar-refractivity contribution in [2.75, 3.05) is 23.4 Å². The van der Waals surface area contributed by atoms with Gasteiger partial charge in [-0.25, -0.2) is 14.4 Å². The lowest BCUT2D eigenvalue weighted by Crippen LogP contribution is -2.51. The number of alkyl halides is 1. The van der Waals surface area contributed by atoms with E-state index in [9.17, 15) is 14.0 Å². The molecule has 236 valence electrons. The maximum Gasteiger partial charge on any atom is 0.258 e. The van der Waals surface area contributed by atoms with Crippen LogP contribution >= 0.6 is 0 Å². The number of hydrogen-bond acceptors (Lipinski definition) is 6. The van der Waals surface area contributed by atoms with Gasteiger partial charge >= 0.3 is 0 Å². The van der Waals surface area contributed by atoms with Gasteiger partial charge in [0.15, 0.2) is 5.67 Å². The third-order valence-corrected chi connectivity index (χ3v) is 10.1. The monoisotopic (exact) mass is 620 g/mol. The molecule has 2 aromatic carbocycles. The van der Waals surface area contributed by atoms with Gasteiger partial charge in [-0.1, -0.05) is 18.2 Å². The fourth-order valence-corrected chi connectivity index (χ4v) is 7.33. The van der Waals surface area contributed by atoms with E-state index in [1.807, 2.05) is 54.2 Å². The molecule has 2 aliphatic carbocycles. The van der Waals surface area contributed by atoms with Crippen molar-refractivity contribution in [1.82, 2.24) is 19.9 Å². The molecule has 0 spiro atoms. The number of aryl methyl sites for hydroxylation is 2. The van der Waals surface area contributed by atoms with Crippen molar-refractivity contribution in [1.29, 1.82) is 0 Å². The second-order valence-corrected chi connectivity index (χ2v) is 13.1. The molecule has 2 aromatic heterocycles. The van der Waals surface area contributed by atoms with E-state index in [2.05, 4.69) is 49.8 Å². The SMILES string of the molecule is Cc1nccn1-c1ccc(NC(=O)[C@@H](NC(=O)C2(F)CC2)[C@@H]2CCCc3ccc(-c4ccnc(N5CC6C[C@@H]5CO6)c4)cc32)cc1. The van der Waals surface area contributed by atoms with Crippen molar-refractivity contribution in [3.05, 3.63) is 90.1 Å². The van der Waals surface area contributed by atoms with Gasteiger partial charge in [0.2, 0.25) is 5.91 Å². The van der Waals surface area contributed by atoms with E-state index < -0.39 is 17.6 Å². The van der Waals surface area contributed by atoms with E-state index in [-0.39, 0.29) is 30.8 Å². The zero-order chi connectivity index (χ0) is 31.4. The molecule has 4 heterocycles. The summed E-state index contributed by atoms with van der Waals surface area (Å²) in [6.07, 6.45) is 9.60. The first-order chi connectivity index (χ1) is 22.3. The van der Waals surface area contributed by atoms with Crippen LogP contribution in [0.15, 0.2) is 73.2 Å². The van der Waals surface area contributed by atoms with E-state index in [0.717, 1.165) is 72.0 Å². The number of carbonyl (C=O) groups excluding carboxylic acids is 2. The highest BCUT2D eigenvalue weighted by molar-refractivity contribution is 6.00. The molecular formula is C36H37FN6O3. The fraction of sp³-hybridized carbons (Fsp3) is 0.389. The van der Waals surface area contributed by atoms with Crippen molar-refractivity contribution in [2.45, 2.75) is 75.2 Å². The largest absolute Gasteiger partial charge is 0.374 e. The number of imidazole rings is 1. The molecule has 3 fully saturated rings. The topological polar surface area (TPSA) is 101 Å². The van der Waals surface area contributed by atoms with Crippen molar-refractivity contribution in [2.24, 2.45) is 0 Å². The summed E-state index contributed by atoms with van der Waals surface area (Å²) >= 11 is 0. The van der Waals surface area contributed by atoms with E-state index in [1.165, 1.54) is 0 Å². The number of anilines is 2. The molecule has 2 bridgehead atoms.